The molecule has 0 aromatic heterocycles. The largest absolute Gasteiger partial charge is 0.480 e. The van der Waals surface area contributed by atoms with Crippen molar-refractivity contribution in [2.45, 2.75) is 83.5 Å². The van der Waals surface area contributed by atoms with E-state index in [-0.39, 0.29) is 12.7 Å². The summed E-state index contributed by atoms with van der Waals surface area (Å²) >= 11 is 0. The molecule has 6 nitrogen and oxygen atoms in total. The van der Waals surface area contributed by atoms with Crippen molar-refractivity contribution in [2.75, 3.05) is 39.9 Å². The SMILES string of the molecule is CCCCCCC1CCC2NC(N(C)CC(=O)O)C(C)C(N3CCOCC3)C2C1. The third kappa shape index (κ3) is 5.93. The molecule has 0 bridgehead atoms. The maximum absolute atomic E-state index is 11.3. The number of nitrogens with one attached hydrogen (secondary N) is 1. The van der Waals surface area contributed by atoms with Crippen LogP contribution in [-0.2, 0) is 9.53 Å². The number of carboxylic acids is 1. The maximum atomic E-state index is 11.3. The fourth-order valence-electron chi connectivity index (χ4n) is 6.27. The summed E-state index contributed by atoms with van der Waals surface area (Å²) in [6.45, 7) is 8.37. The first-order valence-electron chi connectivity index (χ1n) is 12.0. The third-order valence-corrected chi connectivity index (χ3v) is 7.66. The fraction of sp³-hybridized carbons (Fsp3) is 0.957. The number of morpholine rings is 1. The van der Waals surface area contributed by atoms with Crippen LogP contribution in [0.25, 0.3) is 0 Å². The number of hydrogen-bond acceptors (Lipinski definition) is 5. The molecule has 1 aliphatic carbocycles. The highest BCUT2D eigenvalue weighted by Crippen LogP contribution is 2.42. The van der Waals surface area contributed by atoms with Crippen molar-refractivity contribution < 1.29 is 14.6 Å². The Morgan fingerprint density at radius 2 is 1.97 bits per heavy atom. The van der Waals surface area contributed by atoms with E-state index in [4.69, 9.17) is 4.74 Å². The van der Waals surface area contributed by atoms with Gasteiger partial charge < -0.3 is 9.84 Å². The van der Waals surface area contributed by atoms with Crippen molar-refractivity contribution in [3.63, 3.8) is 0 Å². The maximum Gasteiger partial charge on any atom is 0.317 e. The van der Waals surface area contributed by atoms with E-state index in [0.717, 1.165) is 32.2 Å². The molecular formula is C23H43N3O3. The Morgan fingerprint density at radius 3 is 2.66 bits per heavy atom. The number of piperidine rings is 1. The summed E-state index contributed by atoms with van der Waals surface area (Å²) < 4.78 is 5.64. The quantitative estimate of drug-likeness (QED) is 0.571. The number of fused-ring (bicyclic) bond motifs is 1. The van der Waals surface area contributed by atoms with Crippen LogP contribution in [0.1, 0.15) is 65.2 Å². The molecule has 0 aromatic rings. The summed E-state index contributed by atoms with van der Waals surface area (Å²) in [4.78, 5) is 16.0. The zero-order valence-corrected chi connectivity index (χ0v) is 18.8. The molecule has 1 saturated carbocycles. The van der Waals surface area contributed by atoms with Crippen LogP contribution < -0.4 is 5.32 Å². The standard InChI is InChI=1S/C23H43N3O3/c1-4-5-6-7-8-18-9-10-20-19(15-18)22(26-11-13-29-14-12-26)17(2)23(24-20)25(3)16-21(27)28/h17-20,22-24H,4-16H2,1-3H3,(H,27,28). The molecule has 2 saturated heterocycles. The minimum atomic E-state index is -0.748. The molecule has 0 radical (unpaired) electrons. The van der Waals surface area contributed by atoms with Crippen molar-refractivity contribution >= 4 is 5.97 Å². The summed E-state index contributed by atoms with van der Waals surface area (Å²) in [5, 5.41) is 13.2. The van der Waals surface area contributed by atoms with Gasteiger partial charge in [0.2, 0.25) is 0 Å². The number of carbonyl (C=O) groups is 1. The van der Waals surface area contributed by atoms with Crippen LogP contribution in [0.4, 0.5) is 0 Å². The van der Waals surface area contributed by atoms with E-state index in [1.165, 1.54) is 51.4 Å². The predicted molar refractivity (Wildman–Crippen MR) is 116 cm³/mol. The molecule has 0 aromatic carbocycles. The summed E-state index contributed by atoms with van der Waals surface area (Å²) in [6, 6.07) is 1.03. The number of rotatable bonds is 9. The molecule has 168 valence electrons. The minimum Gasteiger partial charge on any atom is -0.480 e. The predicted octanol–water partition coefficient (Wildman–Crippen LogP) is 3.02. The van der Waals surface area contributed by atoms with E-state index >= 15 is 0 Å². The van der Waals surface area contributed by atoms with Gasteiger partial charge in [-0.05, 0) is 38.1 Å². The Kier molecular flexibility index (Phi) is 8.78. The second-order valence-corrected chi connectivity index (χ2v) is 9.72. The smallest absolute Gasteiger partial charge is 0.317 e. The normalized spacial score (nSPS) is 36.1. The van der Waals surface area contributed by atoms with Gasteiger partial charge >= 0.3 is 5.97 Å². The van der Waals surface area contributed by atoms with Crippen LogP contribution in [0.5, 0.6) is 0 Å². The number of nitrogens with zero attached hydrogens (tertiary/aromatic N) is 2. The number of unbranched alkanes of at least 4 members (excludes halogenated alkanes) is 3. The molecular weight excluding hydrogens is 366 g/mol. The van der Waals surface area contributed by atoms with Crippen LogP contribution in [0.15, 0.2) is 0 Å². The molecule has 0 spiro atoms. The van der Waals surface area contributed by atoms with Gasteiger partial charge in [-0.15, -0.1) is 0 Å². The zero-order valence-electron chi connectivity index (χ0n) is 18.8. The lowest BCUT2D eigenvalue weighted by atomic mass is 9.67. The van der Waals surface area contributed by atoms with Crippen molar-refractivity contribution in [3.05, 3.63) is 0 Å². The molecule has 3 fully saturated rings. The van der Waals surface area contributed by atoms with E-state index in [1.807, 2.05) is 11.9 Å². The molecule has 29 heavy (non-hydrogen) atoms. The molecule has 6 atom stereocenters. The molecule has 6 heteroatoms. The van der Waals surface area contributed by atoms with Gasteiger partial charge in [0, 0.05) is 31.1 Å². The van der Waals surface area contributed by atoms with E-state index < -0.39 is 5.97 Å². The topological polar surface area (TPSA) is 65.0 Å². The molecule has 0 amide bonds. The second-order valence-electron chi connectivity index (χ2n) is 9.72. The van der Waals surface area contributed by atoms with Gasteiger partial charge in [-0.1, -0.05) is 46.0 Å². The lowest BCUT2D eigenvalue weighted by molar-refractivity contribution is -0.140. The van der Waals surface area contributed by atoms with Gasteiger partial charge in [0.15, 0.2) is 0 Å². The Morgan fingerprint density at radius 1 is 1.21 bits per heavy atom. The minimum absolute atomic E-state index is 0.0925. The molecule has 2 heterocycles. The molecule has 2 aliphatic heterocycles. The van der Waals surface area contributed by atoms with Crippen LogP contribution in [0.3, 0.4) is 0 Å². The van der Waals surface area contributed by atoms with Crippen LogP contribution in [0, 0.1) is 17.8 Å². The fourth-order valence-corrected chi connectivity index (χ4v) is 6.27. The highest BCUT2D eigenvalue weighted by atomic mass is 16.5. The van der Waals surface area contributed by atoms with Gasteiger partial charge in [0.05, 0.1) is 25.9 Å². The molecule has 3 rings (SSSR count). The van der Waals surface area contributed by atoms with Gasteiger partial charge in [0.1, 0.15) is 0 Å². The number of carboxylic acid groups (broad SMARTS) is 1. The summed E-state index contributed by atoms with van der Waals surface area (Å²) in [5.74, 6) is 1.18. The summed E-state index contributed by atoms with van der Waals surface area (Å²) in [7, 11) is 1.96. The number of aliphatic carboxylic acids is 1. The first kappa shape index (κ1) is 23.0. The Hall–Kier alpha value is -0.690. The van der Waals surface area contributed by atoms with Gasteiger partial charge in [-0.3, -0.25) is 19.9 Å². The average molecular weight is 410 g/mol. The van der Waals surface area contributed by atoms with Gasteiger partial charge in [0.25, 0.3) is 0 Å². The first-order chi connectivity index (χ1) is 14.0. The number of hydrogen-bond donors (Lipinski definition) is 2. The highest BCUT2D eigenvalue weighted by Gasteiger charge is 2.48. The highest BCUT2D eigenvalue weighted by molar-refractivity contribution is 5.69. The van der Waals surface area contributed by atoms with Gasteiger partial charge in [-0.25, -0.2) is 0 Å². The summed E-state index contributed by atoms with van der Waals surface area (Å²) in [5.41, 5.74) is 0. The van der Waals surface area contributed by atoms with Crippen molar-refractivity contribution in [3.8, 4) is 0 Å². The first-order valence-corrected chi connectivity index (χ1v) is 12.0. The summed E-state index contributed by atoms with van der Waals surface area (Å²) in [6.07, 6.45) is 10.8. The monoisotopic (exact) mass is 409 g/mol. The molecule has 2 N–H and O–H groups in total. The Labute approximate surface area is 177 Å². The third-order valence-electron chi connectivity index (χ3n) is 7.66. The van der Waals surface area contributed by atoms with Crippen molar-refractivity contribution in [1.29, 1.82) is 0 Å². The molecule has 6 unspecified atom stereocenters. The zero-order chi connectivity index (χ0) is 20.8. The number of ether oxygens (including phenoxy) is 1. The van der Waals surface area contributed by atoms with Crippen LogP contribution in [0.2, 0.25) is 0 Å². The average Bonchev–Trinajstić information content (AvgIpc) is 2.71. The number of likely N-dealkylation sites (N-methyl/N-ethyl adjacent to an activating group) is 1. The van der Waals surface area contributed by atoms with Gasteiger partial charge in [-0.2, -0.15) is 0 Å². The van der Waals surface area contributed by atoms with Crippen LogP contribution in [-0.4, -0.2) is 79.0 Å². The lowest BCUT2D eigenvalue weighted by Gasteiger charge is -2.56. The van der Waals surface area contributed by atoms with E-state index in [2.05, 4.69) is 24.1 Å². The Bertz CT molecular complexity index is 512. The van der Waals surface area contributed by atoms with Crippen molar-refractivity contribution in [2.24, 2.45) is 17.8 Å². The van der Waals surface area contributed by atoms with E-state index in [1.54, 1.807) is 0 Å². The van der Waals surface area contributed by atoms with Crippen molar-refractivity contribution in [1.82, 2.24) is 15.1 Å². The molecule has 3 aliphatic rings. The second kappa shape index (κ2) is 11.1. The van der Waals surface area contributed by atoms with Crippen LogP contribution >= 0.6 is 0 Å². The Balaban J connectivity index is 1.70. The lowest BCUT2D eigenvalue weighted by Crippen LogP contribution is -2.69. The van der Waals surface area contributed by atoms with E-state index in [0.29, 0.717) is 23.9 Å². The van der Waals surface area contributed by atoms with E-state index in [9.17, 15) is 9.90 Å².